The maximum atomic E-state index is 13.0. The van der Waals surface area contributed by atoms with Crippen LogP contribution in [0.5, 0.6) is 0 Å². The number of oxazole rings is 1. The summed E-state index contributed by atoms with van der Waals surface area (Å²) in [6.07, 6.45) is 3.21. The van der Waals surface area contributed by atoms with Crippen LogP contribution >= 0.6 is 0 Å². The number of benzene rings is 2. The molecule has 5 heteroatoms. The average Bonchev–Trinajstić information content (AvgIpc) is 3.16. The molecular formula is C26H31N3O2. The molecule has 0 saturated heterocycles. The summed E-state index contributed by atoms with van der Waals surface area (Å²) in [6, 6.07) is 16.4. The quantitative estimate of drug-likeness (QED) is 0.582. The highest BCUT2D eigenvalue weighted by Gasteiger charge is 2.27. The Bertz CT molecular complexity index is 1070. The summed E-state index contributed by atoms with van der Waals surface area (Å²) in [5.74, 6) is 0.802. The summed E-state index contributed by atoms with van der Waals surface area (Å²) in [5, 5.41) is 3.10. The first-order valence-electron chi connectivity index (χ1n) is 10.9. The monoisotopic (exact) mass is 417 g/mol. The van der Waals surface area contributed by atoms with Gasteiger partial charge >= 0.3 is 0 Å². The van der Waals surface area contributed by atoms with Crippen molar-refractivity contribution < 1.29 is 9.21 Å². The minimum atomic E-state index is -0.170. The molecule has 0 unspecified atom stereocenters. The number of nitrogens with one attached hydrogen (secondary N) is 1. The van der Waals surface area contributed by atoms with Crippen molar-refractivity contribution in [3.8, 4) is 22.8 Å². The van der Waals surface area contributed by atoms with E-state index in [9.17, 15) is 4.79 Å². The summed E-state index contributed by atoms with van der Waals surface area (Å²) in [6.45, 7) is 6.56. The van der Waals surface area contributed by atoms with Crippen molar-refractivity contribution in [2.45, 2.75) is 51.5 Å². The standard InChI is InChI=1S/C26H31N3O2/c1-26(2,3)19-14-12-17(13-15-19)25-28-22(24(30)27-20-9-7-10-20)23(31-25)18-8-6-11-21(16-18)29(4)5/h6,8,11-16,20H,7,9-10H2,1-5H3,(H,27,30). The van der Waals surface area contributed by atoms with Gasteiger partial charge in [0, 0.05) is 37.0 Å². The van der Waals surface area contributed by atoms with Crippen LogP contribution in [0, 0.1) is 0 Å². The molecule has 31 heavy (non-hydrogen) atoms. The van der Waals surface area contributed by atoms with Gasteiger partial charge in [-0.2, -0.15) is 0 Å². The van der Waals surface area contributed by atoms with Crippen molar-refractivity contribution in [3.63, 3.8) is 0 Å². The number of nitrogens with zero attached hydrogens (tertiary/aromatic N) is 2. The van der Waals surface area contributed by atoms with E-state index in [1.807, 2.05) is 55.4 Å². The largest absolute Gasteiger partial charge is 0.435 e. The molecule has 1 fully saturated rings. The lowest BCUT2D eigenvalue weighted by atomic mass is 9.87. The summed E-state index contributed by atoms with van der Waals surface area (Å²) >= 11 is 0. The number of hydrogen-bond acceptors (Lipinski definition) is 4. The third-order valence-electron chi connectivity index (χ3n) is 5.91. The van der Waals surface area contributed by atoms with Gasteiger partial charge in [0.15, 0.2) is 11.5 Å². The minimum absolute atomic E-state index is 0.0702. The van der Waals surface area contributed by atoms with E-state index < -0.39 is 0 Å². The van der Waals surface area contributed by atoms with Gasteiger partial charge in [0.1, 0.15) is 0 Å². The van der Waals surface area contributed by atoms with Crippen molar-refractivity contribution in [3.05, 3.63) is 59.8 Å². The third-order valence-corrected chi connectivity index (χ3v) is 5.91. The Morgan fingerprint density at radius 1 is 1.06 bits per heavy atom. The Kier molecular flexibility index (Phi) is 5.61. The molecule has 1 aliphatic rings. The van der Waals surface area contributed by atoms with Gasteiger partial charge in [-0.1, -0.05) is 45.0 Å². The van der Waals surface area contributed by atoms with Crippen LogP contribution in [0.3, 0.4) is 0 Å². The molecule has 5 nitrogen and oxygen atoms in total. The van der Waals surface area contributed by atoms with E-state index in [-0.39, 0.29) is 17.4 Å². The number of aromatic nitrogens is 1. The summed E-state index contributed by atoms with van der Waals surface area (Å²) in [7, 11) is 3.98. The molecule has 0 radical (unpaired) electrons. The molecule has 4 rings (SSSR count). The SMILES string of the molecule is CN(C)c1cccc(-c2oc(-c3ccc(C(C)(C)C)cc3)nc2C(=O)NC2CCC2)c1. The normalized spacial score (nSPS) is 14.2. The van der Waals surface area contributed by atoms with Crippen LogP contribution < -0.4 is 10.2 Å². The van der Waals surface area contributed by atoms with E-state index in [0.29, 0.717) is 17.3 Å². The molecule has 1 heterocycles. The van der Waals surface area contributed by atoms with Crippen molar-refractivity contribution in [2.75, 3.05) is 19.0 Å². The first-order chi connectivity index (χ1) is 14.7. The Labute approximate surface area is 184 Å². The zero-order chi connectivity index (χ0) is 22.2. The number of carbonyl (C=O) groups excluding carboxylic acids is 1. The number of amides is 1. The fourth-order valence-electron chi connectivity index (χ4n) is 3.64. The second-order valence-electron chi connectivity index (χ2n) is 9.57. The van der Waals surface area contributed by atoms with Gasteiger partial charge in [0.25, 0.3) is 5.91 Å². The van der Waals surface area contributed by atoms with Crippen LogP contribution in [0.15, 0.2) is 52.9 Å². The molecule has 1 aliphatic carbocycles. The first kappa shape index (κ1) is 21.2. The van der Waals surface area contributed by atoms with E-state index in [4.69, 9.17) is 4.42 Å². The van der Waals surface area contributed by atoms with Gasteiger partial charge in [-0.15, -0.1) is 0 Å². The van der Waals surface area contributed by atoms with Crippen LogP contribution in [-0.4, -0.2) is 31.0 Å². The fraction of sp³-hybridized carbons (Fsp3) is 0.385. The van der Waals surface area contributed by atoms with Crippen LogP contribution in [-0.2, 0) is 5.41 Å². The molecule has 1 aromatic heterocycles. The molecule has 162 valence electrons. The molecule has 0 spiro atoms. The topological polar surface area (TPSA) is 58.4 Å². The smallest absolute Gasteiger partial charge is 0.274 e. The number of anilines is 1. The lowest BCUT2D eigenvalue weighted by Gasteiger charge is -2.25. The lowest BCUT2D eigenvalue weighted by molar-refractivity contribution is 0.0912. The van der Waals surface area contributed by atoms with E-state index in [0.717, 1.165) is 36.1 Å². The lowest BCUT2D eigenvalue weighted by Crippen LogP contribution is -2.39. The second kappa shape index (κ2) is 8.22. The van der Waals surface area contributed by atoms with Crippen LogP contribution in [0.2, 0.25) is 0 Å². The molecule has 0 atom stereocenters. The van der Waals surface area contributed by atoms with E-state index in [2.05, 4.69) is 43.2 Å². The van der Waals surface area contributed by atoms with E-state index in [1.54, 1.807) is 0 Å². The zero-order valence-corrected chi connectivity index (χ0v) is 19.0. The molecular weight excluding hydrogens is 386 g/mol. The van der Waals surface area contributed by atoms with Crippen molar-refractivity contribution in [1.82, 2.24) is 10.3 Å². The predicted molar refractivity (Wildman–Crippen MR) is 126 cm³/mol. The van der Waals surface area contributed by atoms with Gasteiger partial charge in [0.05, 0.1) is 0 Å². The number of rotatable bonds is 5. The Morgan fingerprint density at radius 3 is 2.35 bits per heavy atom. The van der Waals surface area contributed by atoms with Gasteiger partial charge in [-0.05, 0) is 54.5 Å². The highest BCUT2D eigenvalue weighted by molar-refractivity contribution is 5.98. The average molecular weight is 418 g/mol. The molecule has 0 aliphatic heterocycles. The summed E-state index contributed by atoms with van der Waals surface area (Å²) in [5.41, 5.74) is 4.40. The minimum Gasteiger partial charge on any atom is -0.435 e. The van der Waals surface area contributed by atoms with Gasteiger partial charge < -0.3 is 14.6 Å². The summed E-state index contributed by atoms with van der Waals surface area (Å²) in [4.78, 5) is 19.7. The highest BCUT2D eigenvalue weighted by atomic mass is 16.4. The van der Waals surface area contributed by atoms with Crippen LogP contribution in [0.1, 0.15) is 56.1 Å². The van der Waals surface area contributed by atoms with Gasteiger partial charge in [0.2, 0.25) is 5.89 Å². The molecule has 0 bridgehead atoms. The van der Waals surface area contributed by atoms with Crippen molar-refractivity contribution >= 4 is 11.6 Å². The molecule has 2 aromatic carbocycles. The molecule has 3 aromatic rings. The van der Waals surface area contributed by atoms with Crippen LogP contribution in [0.25, 0.3) is 22.8 Å². The third kappa shape index (κ3) is 4.50. The van der Waals surface area contributed by atoms with Gasteiger partial charge in [-0.25, -0.2) is 4.98 Å². The van der Waals surface area contributed by atoms with Crippen LogP contribution in [0.4, 0.5) is 5.69 Å². The van der Waals surface area contributed by atoms with E-state index >= 15 is 0 Å². The molecule has 1 saturated carbocycles. The maximum Gasteiger partial charge on any atom is 0.274 e. The molecule has 1 amide bonds. The maximum absolute atomic E-state index is 13.0. The Balaban J connectivity index is 1.74. The second-order valence-corrected chi connectivity index (χ2v) is 9.57. The Hall–Kier alpha value is -3.08. The highest BCUT2D eigenvalue weighted by Crippen LogP contribution is 2.33. The van der Waals surface area contributed by atoms with Gasteiger partial charge in [-0.3, -0.25) is 4.79 Å². The van der Waals surface area contributed by atoms with E-state index in [1.165, 1.54) is 5.56 Å². The number of hydrogen-bond donors (Lipinski definition) is 1. The summed E-state index contributed by atoms with van der Waals surface area (Å²) < 4.78 is 6.21. The van der Waals surface area contributed by atoms with Crippen molar-refractivity contribution in [1.29, 1.82) is 0 Å². The zero-order valence-electron chi connectivity index (χ0n) is 19.0. The fourth-order valence-corrected chi connectivity index (χ4v) is 3.64. The Morgan fingerprint density at radius 2 is 1.77 bits per heavy atom. The predicted octanol–water partition coefficient (Wildman–Crippen LogP) is 5.65. The number of carbonyl (C=O) groups is 1. The molecule has 1 N–H and O–H groups in total. The first-order valence-corrected chi connectivity index (χ1v) is 10.9. The van der Waals surface area contributed by atoms with Crippen molar-refractivity contribution in [2.24, 2.45) is 0 Å².